The van der Waals surface area contributed by atoms with Crippen molar-refractivity contribution >= 4 is 33.4 Å². The summed E-state index contributed by atoms with van der Waals surface area (Å²) in [7, 11) is 0. The number of hydrogen-bond donors (Lipinski definition) is 1. The molecule has 98 valence electrons. The van der Waals surface area contributed by atoms with E-state index >= 15 is 0 Å². The van der Waals surface area contributed by atoms with Crippen molar-refractivity contribution < 1.29 is 4.79 Å². The first kappa shape index (κ1) is 13.8. The molecule has 18 heavy (non-hydrogen) atoms. The third-order valence-corrected chi connectivity index (χ3v) is 4.37. The van der Waals surface area contributed by atoms with Gasteiger partial charge in [0.05, 0.1) is 0 Å². The largest absolute Gasteiger partial charge is 0.350 e. The Morgan fingerprint density at radius 1 is 1.44 bits per heavy atom. The molecule has 0 saturated heterocycles. The zero-order valence-electron chi connectivity index (χ0n) is 10.0. The molecule has 1 saturated carbocycles. The van der Waals surface area contributed by atoms with Gasteiger partial charge in [0.25, 0.3) is 5.91 Å². The van der Waals surface area contributed by atoms with Gasteiger partial charge in [-0.25, -0.2) is 4.98 Å². The van der Waals surface area contributed by atoms with Gasteiger partial charge in [-0.3, -0.25) is 4.79 Å². The number of nitrogens with zero attached hydrogens (tertiary/aromatic N) is 1. The minimum Gasteiger partial charge on any atom is -0.350 e. The van der Waals surface area contributed by atoms with Gasteiger partial charge >= 0.3 is 0 Å². The van der Waals surface area contributed by atoms with Gasteiger partial charge in [-0.1, -0.05) is 6.42 Å². The third kappa shape index (κ3) is 3.45. The van der Waals surface area contributed by atoms with Crippen LogP contribution >= 0.6 is 27.5 Å². The molecule has 1 aliphatic carbocycles. The summed E-state index contributed by atoms with van der Waals surface area (Å²) < 4.78 is 0.872. The lowest BCUT2D eigenvalue weighted by Crippen LogP contribution is -2.31. The van der Waals surface area contributed by atoms with E-state index in [1.807, 2.05) is 6.07 Å². The van der Waals surface area contributed by atoms with Crippen LogP contribution in [0.25, 0.3) is 0 Å². The van der Waals surface area contributed by atoms with Crippen LogP contribution in [-0.4, -0.2) is 23.3 Å². The second kappa shape index (κ2) is 6.53. The Kier molecular flexibility index (Phi) is 5.01. The average molecular weight is 332 g/mol. The van der Waals surface area contributed by atoms with E-state index in [0.29, 0.717) is 30.0 Å². The van der Waals surface area contributed by atoms with Crippen molar-refractivity contribution in [1.29, 1.82) is 0 Å². The first-order valence-electron chi connectivity index (χ1n) is 6.16. The van der Waals surface area contributed by atoms with E-state index in [-0.39, 0.29) is 5.91 Å². The van der Waals surface area contributed by atoms with Gasteiger partial charge < -0.3 is 5.32 Å². The predicted octanol–water partition coefficient (Wildman–Crippen LogP) is 3.23. The molecule has 1 aromatic heterocycles. The molecule has 0 bridgehead atoms. The maximum atomic E-state index is 11.9. The van der Waals surface area contributed by atoms with Crippen LogP contribution in [0.1, 0.15) is 29.8 Å². The molecular weight excluding hydrogens is 316 g/mol. The molecule has 0 spiro atoms. The zero-order chi connectivity index (χ0) is 13.0. The summed E-state index contributed by atoms with van der Waals surface area (Å²) in [6, 6.07) is 3.53. The molecule has 0 radical (unpaired) electrons. The highest BCUT2D eigenvalue weighted by Crippen LogP contribution is 2.31. The number of halogens is 2. The van der Waals surface area contributed by atoms with Crippen LogP contribution in [0.3, 0.4) is 0 Å². The molecule has 1 N–H and O–H groups in total. The highest BCUT2D eigenvalue weighted by atomic mass is 79.9. The number of carbonyl (C=O) groups excluding carboxylic acids is 1. The second-order valence-corrected chi connectivity index (χ2v) is 5.90. The van der Waals surface area contributed by atoms with Crippen LogP contribution in [0.15, 0.2) is 22.8 Å². The molecule has 0 aliphatic heterocycles. The van der Waals surface area contributed by atoms with Crippen molar-refractivity contribution in [3.8, 4) is 0 Å². The van der Waals surface area contributed by atoms with Crippen molar-refractivity contribution in [1.82, 2.24) is 10.3 Å². The second-order valence-electron chi connectivity index (χ2n) is 4.68. The number of pyridine rings is 1. The maximum absolute atomic E-state index is 11.9. The molecule has 1 aliphatic rings. The fourth-order valence-corrected chi connectivity index (χ4v) is 3.05. The molecule has 1 amide bonds. The van der Waals surface area contributed by atoms with Crippen LogP contribution < -0.4 is 5.32 Å². The van der Waals surface area contributed by atoms with Gasteiger partial charge in [-0.05, 0) is 52.7 Å². The Morgan fingerprint density at radius 2 is 2.22 bits per heavy atom. The minimum absolute atomic E-state index is 0.109. The smallest absolute Gasteiger partial charge is 0.269 e. The molecule has 1 aromatic rings. The monoisotopic (exact) mass is 330 g/mol. The van der Waals surface area contributed by atoms with Crippen molar-refractivity contribution in [3.05, 3.63) is 28.5 Å². The van der Waals surface area contributed by atoms with E-state index in [1.54, 1.807) is 12.3 Å². The van der Waals surface area contributed by atoms with Gasteiger partial charge in [-0.15, -0.1) is 11.6 Å². The fraction of sp³-hybridized carbons (Fsp3) is 0.538. The van der Waals surface area contributed by atoms with Gasteiger partial charge in [0.2, 0.25) is 0 Å². The van der Waals surface area contributed by atoms with Crippen molar-refractivity contribution in [2.45, 2.75) is 19.3 Å². The lowest BCUT2D eigenvalue weighted by Gasteiger charge is -2.17. The average Bonchev–Trinajstić information content (AvgIpc) is 2.84. The number of hydrogen-bond acceptors (Lipinski definition) is 2. The Balaban J connectivity index is 1.86. The van der Waals surface area contributed by atoms with Crippen molar-refractivity contribution in [3.63, 3.8) is 0 Å². The van der Waals surface area contributed by atoms with Crippen LogP contribution in [-0.2, 0) is 0 Å². The fourth-order valence-electron chi connectivity index (χ4n) is 2.41. The number of alkyl halides is 1. The topological polar surface area (TPSA) is 42.0 Å². The van der Waals surface area contributed by atoms with Crippen LogP contribution in [0.4, 0.5) is 0 Å². The third-order valence-electron chi connectivity index (χ3n) is 3.50. The zero-order valence-corrected chi connectivity index (χ0v) is 12.4. The Hall–Kier alpha value is -0.610. The first-order chi connectivity index (χ1) is 8.70. The summed E-state index contributed by atoms with van der Waals surface area (Å²) in [4.78, 5) is 16.0. The molecule has 1 fully saturated rings. The Labute approximate surface area is 120 Å². The van der Waals surface area contributed by atoms with E-state index in [0.717, 1.165) is 10.9 Å². The number of rotatable bonds is 4. The molecular formula is C13H16BrClN2O. The lowest BCUT2D eigenvalue weighted by molar-refractivity contribution is 0.0939. The van der Waals surface area contributed by atoms with E-state index in [9.17, 15) is 4.79 Å². The van der Waals surface area contributed by atoms with Crippen LogP contribution in [0, 0.1) is 11.8 Å². The molecule has 3 nitrogen and oxygen atoms in total. The summed E-state index contributed by atoms with van der Waals surface area (Å²) in [6.45, 7) is 0.702. The normalized spacial score (nSPS) is 23.0. The van der Waals surface area contributed by atoms with Gasteiger partial charge in [0.15, 0.2) is 0 Å². The molecule has 2 rings (SSSR count). The lowest BCUT2D eigenvalue weighted by atomic mass is 9.98. The van der Waals surface area contributed by atoms with Crippen molar-refractivity contribution in [2.24, 2.45) is 11.8 Å². The summed E-state index contributed by atoms with van der Waals surface area (Å²) in [5, 5.41) is 2.95. The SMILES string of the molecule is O=C(NCC1CCCC1CCl)c1ccc(Br)cn1. The Bertz CT molecular complexity index is 410. The first-order valence-corrected chi connectivity index (χ1v) is 7.49. The molecule has 2 unspecified atom stereocenters. The Morgan fingerprint density at radius 3 is 2.89 bits per heavy atom. The number of aromatic nitrogens is 1. The molecule has 1 heterocycles. The van der Waals surface area contributed by atoms with E-state index < -0.39 is 0 Å². The van der Waals surface area contributed by atoms with Crippen LogP contribution in [0.2, 0.25) is 0 Å². The molecule has 5 heteroatoms. The summed E-state index contributed by atoms with van der Waals surface area (Å²) in [6.07, 6.45) is 5.19. The summed E-state index contributed by atoms with van der Waals surface area (Å²) in [5.41, 5.74) is 0.457. The highest BCUT2D eigenvalue weighted by Gasteiger charge is 2.26. The van der Waals surface area contributed by atoms with Crippen LogP contribution in [0.5, 0.6) is 0 Å². The summed E-state index contributed by atoms with van der Waals surface area (Å²) >= 11 is 9.22. The maximum Gasteiger partial charge on any atom is 0.269 e. The van der Waals surface area contributed by atoms with Crippen molar-refractivity contribution in [2.75, 3.05) is 12.4 Å². The van der Waals surface area contributed by atoms with Gasteiger partial charge in [0.1, 0.15) is 5.69 Å². The minimum atomic E-state index is -0.109. The molecule has 2 atom stereocenters. The van der Waals surface area contributed by atoms with Gasteiger partial charge in [-0.2, -0.15) is 0 Å². The van der Waals surface area contributed by atoms with Gasteiger partial charge in [0, 0.05) is 23.1 Å². The standard InChI is InChI=1S/C13H16BrClN2O/c14-11-4-5-12(16-8-11)13(18)17-7-10-3-1-2-9(10)6-15/h4-5,8-10H,1-3,6-7H2,(H,17,18). The van der Waals surface area contributed by atoms with E-state index in [4.69, 9.17) is 11.6 Å². The highest BCUT2D eigenvalue weighted by molar-refractivity contribution is 9.10. The number of carbonyl (C=O) groups is 1. The number of nitrogens with one attached hydrogen (secondary N) is 1. The molecule has 0 aromatic carbocycles. The quantitative estimate of drug-likeness (QED) is 0.861. The summed E-state index contributed by atoms with van der Waals surface area (Å²) in [5.74, 6) is 1.64. The van der Waals surface area contributed by atoms with E-state index in [1.165, 1.54) is 12.8 Å². The number of amides is 1. The predicted molar refractivity (Wildman–Crippen MR) is 75.8 cm³/mol. The van der Waals surface area contributed by atoms with E-state index in [2.05, 4.69) is 26.2 Å².